The molecule has 128 valence electrons. The molecule has 0 aromatic carbocycles. The quantitative estimate of drug-likeness (QED) is 0.402. The van der Waals surface area contributed by atoms with E-state index in [4.69, 9.17) is 0 Å². The molecule has 0 aliphatic carbocycles. The van der Waals surface area contributed by atoms with Crippen LogP contribution >= 0.6 is 0 Å². The van der Waals surface area contributed by atoms with Crippen LogP contribution < -0.4 is 0 Å². The summed E-state index contributed by atoms with van der Waals surface area (Å²) in [5.41, 5.74) is 0. The normalized spacial score (nSPS) is 15.2. The molecular formula is C7H10F6O6S2. The second-order valence-corrected chi connectivity index (χ2v) is 7.01. The summed E-state index contributed by atoms with van der Waals surface area (Å²) in [6.45, 7) is 1.14. The van der Waals surface area contributed by atoms with Gasteiger partial charge in [0.15, 0.2) is 0 Å². The zero-order chi connectivity index (χ0) is 17.3. The average Bonchev–Trinajstić information content (AvgIpc) is 2.09. The summed E-state index contributed by atoms with van der Waals surface area (Å²) in [6, 6.07) is 0. The summed E-state index contributed by atoms with van der Waals surface area (Å²) in [7, 11) is -10.7. The van der Waals surface area contributed by atoms with Gasteiger partial charge in [0.25, 0.3) is 20.2 Å². The van der Waals surface area contributed by atoms with Crippen LogP contribution in [0, 0.1) is 0 Å². The molecule has 0 fully saturated rings. The van der Waals surface area contributed by atoms with E-state index in [1.807, 2.05) is 0 Å². The van der Waals surface area contributed by atoms with Crippen LogP contribution in [0.5, 0.6) is 0 Å². The largest absolute Gasteiger partial charge is 0.455 e. The van der Waals surface area contributed by atoms with Crippen molar-refractivity contribution in [3.63, 3.8) is 0 Å². The highest BCUT2D eigenvalue weighted by Gasteiger charge is 2.78. The molecule has 6 nitrogen and oxygen atoms in total. The summed E-state index contributed by atoms with van der Waals surface area (Å²) in [5.74, 6) is -7.03. The van der Waals surface area contributed by atoms with Gasteiger partial charge < -0.3 is 0 Å². The highest BCUT2D eigenvalue weighted by molar-refractivity contribution is 7.87. The molecule has 0 spiro atoms. The molecule has 0 aromatic heterocycles. The van der Waals surface area contributed by atoms with Crippen LogP contribution in [0.15, 0.2) is 0 Å². The fourth-order valence-corrected chi connectivity index (χ4v) is 2.90. The van der Waals surface area contributed by atoms with Crippen molar-refractivity contribution in [1.29, 1.82) is 0 Å². The third-order valence-electron chi connectivity index (χ3n) is 1.71. The fourth-order valence-electron chi connectivity index (χ4n) is 1.05. The van der Waals surface area contributed by atoms with Gasteiger partial charge in [0, 0.05) is 0 Å². The molecule has 0 atom stereocenters. The van der Waals surface area contributed by atoms with E-state index < -0.39 is 44.1 Å². The van der Waals surface area contributed by atoms with Crippen LogP contribution in [0.1, 0.15) is 13.3 Å². The summed E-state index contributed by atoms with van der Waals surface area (Å²) in [4.78, 5) is 0. The molecule has 0 radical (unpaired) electrons. The van der Waals surface area contributed by atoms with Gasteiger partial charge >= 0.3 is 18.1 Å². The predicted octanol–water partition coefficient (Wildman–Crippen LogP) is 1.54. The second kappa shape index (κ2) is 5.89. The van der Waals surface area contributed by atoms with Crippen molar-refractivity contribution in [2.75, 3.05) is 12.0 Å². The van der Waals surface area contributed by atoms with Gasteiger partial charge in [0.1, 0.15) is 0 Å². The van der Waals surface area contributed by atoms with E-state index in [0.717, 1.165) is 6.92 Å². The van der Waals surface area contributed by atoms with E-state index in [2.05, 4.69) is 8.37 Å². The Bertz CT molecular complexity index is 545. The lowest BCUT2D eigenvalue weighted by atomic mass is 10.3. The molecule has 0 rings (SSSR count). The van der Waals surface area contributed by atoms with E-state index in [-0.39, 0.29) is 12.7 Å². The maximum atomic E-state index is 12.7. The minimum atomic E-state index is -6.52. The zero-order valence-corrected chi connectivity index (χ0v) is 12.1. The van der Waals surface area contributed by atoms with Gasteiger partial charge in [0.05, 0.1) is 12.0 Å². The molecule has 0 saturated heterocycles. The third-order valence-corrected chi connectivity index (χ3v) is 3.65. The first-order chi connectivity index (χ1) is 8.97. The summed E-state index contributed by atoms with van der Waals surface area (Å²) >= 11 is 0. The zero-order valence-electron chi connectivity index (χ0n) is 10.4. The Balaban J connectivity index is 6.21. The Morgan fingerprint density at radius 2 is 1.24 bits per heavy atom. The van der Waals surface area contributed by atoms with Crippen molar-refractivity contribution in [3.05, 3.63) is 0 Å². The van der Waals surface area contributed by atoms with E-state index in [1.54, 1.807) is 0 Å². The minimum Gasteiger partial charge on any atom is -0.215 e. The second-order valence-electron chi connectivity index (χ2n) is 3.74. The number of alkyl halides is 6. The molecule has 21 heavy (non-hydrogen) atoms. The molecule has 0 unspecified atom stereocenters. The Labute approximate surface area is 116 Å². The lowest BCUT2D eigenvalue weighted by Crippen LogP contribution is -2.62. The van der Waals surface area contributed by atoms with E-state index in [9.17, 15) is 43.2 Å². The van der Waals surface area contributed by atoms with Crippen molar-refractivity contribution in [2.45, 2.75) is 31.5 Å². The standard InChI is InChI=1S/C7H10F6O6S2/c1-3-4-21(16,17)19-5(6(8,9)10,7(11,12)13)18-20(2,14)15/h3-4H2,1-2H3. The Morgan fingerprint density at radius 3 is 1.48 bits per heavy atom. The first-order valence-electron chi connectivity index (χ1n) is 4.95. The van der Waals surface area contributed by atoms with E-state index >= 15 is 0 Å². The van der Waals surface area contributed by atoms with Crippen molar-refractivity contribution < 1.29 is 51.5 Å². The lowest BCUT2D eigenvalue weighted by molar-refractivity contribution is -0.420. The van der Waals surface area contributed by atoms with Crippen LogP contribution in [0.25, 0.3) is 0 Å². The highest BCUT2D eigenvalue weighted by atomic mass is 32.2. The molecule has 14 heteroatoms. The molecule has 0 aliphatic heterocycles. The van der Waals surface area contributed by atoms with Gasteiger partial charge in [-0.25, -0.2) is 8.37 Å². The van der Waals surface area contributed by atoms with Crippen molar-refractivity contribution in [3.8, 4) is 0 Å². The van der Waals surface area contributed by atoms with Crippen molar-refractivity contribution >= 4 is 20.2 Å². The summed E-state index contributed by atoms with van der Waals surface area (Å²) in [5, 5.41) is 0. The SMILES string of the molecule is CCCS(=O)(=O)OC(OS(C)(=O)=O)(C(F)(F)F)C(F)(F)F. The first-order valence-corrected chi connectivity index (χ1v) is 8.34. The van der Waals surface area contributed by atoms with Gasteiger partial charge in [-0.2, -0.15) is 43.2 Å². The van der Waals surface area contributed by atoms with Gasteiger partial charge in [0.2, 0.25) is 0 Å². The Hall–Kier alpha value is -0.600. The fraction of sp³-hybridized carbons (Fsp3) is 1.00. The summed E-state index contributed by atoms with van der Waals surface area (Å²) in [6.07, 6.45) is -13.5. The van der Waals surface area contributed by atoms with Crippen LogP contribution in [0.2, 0.25) is 0 Å². The van der Waals surface area contributed by atoms with Crippen LogP contribution in [-0.4, -0.2) is 47.0 Å². The van der Waals surface area contributed by atoms with Gasteiger partial charge in [-0.15, -0.1) is 0 Å². The average molecular weight is 368 g/mol. The number of halogens is 6. The lowest BCUT2D eigenvalue weighted by Gasteiger charge is -2.34. The topological polar surface area (TPSA) is 86.7 Å². The number of rotatable bonds is 6. The maximum absolute atomic E-state index is 12.7. The number of hydrogen-bond acceptors (Lipinski definition) is 6. The molecule has 0 bridgehead atoms. The van der Waals surface area contributed by atoms with Crippen LogP contribution in [0.4, 0.5) is 26.3 Å². The molecule has 0 heterocycles. The molecule has 0 N–H and O–H groups in total. The van der Waals surface area contributed by atoms with E-state index in [0.29, 0.717) is 0 Å². The molecular weight excluding hydrogens is 358 g/mol. The van der Waals surface area contributed by atoms with Gasteiger partial charge in [-0.1, -0.05) is 6.92 Å². The van der Waals surface area contributed by atoms with Crippen LogP contribution in [-0.2, 0) is 28.6 Å². The summed E-state index contributed by atoms with van der Waals surface area (Å²) < 4.78 is 126. The van der Waals surface area contributed by atoms with Crippen molar-refractivity contribution in [2.24, 2.45) is 0 Å². The smallest absolute Gasteiger partial charge is 0.215 e. The van der Waals surface area contributed by atoms with Gasteiger partial charge in [-0.05, 0) is 6.42 Å². The van der Waals surface area contributed by atoms with E-state index in [1.165, 1.54) is 0 Å². The van der Waals surface area contributed by atoms with Gasteiger partial charge in [-0.3, -0.25) is 0 Å². The number of hydrogen-bond donors (Lipinski definition) is 0. The highest BCUT2D eigenvalue weighted by Crippen LogP contribution is 2.48. The minimum absolute atomic E-state index is 0.116. The van der Waals surface area contributed by atoms with Crippen LogP contribution in [0.3, 0.4) is 0 Å². The predicted molar refractivity (Wildman–Crippen MR) is 55.9 cm³/mol. The maximum Gasteiger partial charge on any atom is 0.455 e. The Kier molecular flexibility index (Phi) is 5.72. The Morgan fingerprint density at radius 1 is 0.857 bits per heavy atom. The molecule has 0 amide bonds. The third kappa shape index (κ3) is 5.27. The molecule has 0 saturated carbocycles. The van der Waals surface area contributed by atoms with Crippen molar-refractivity contribution in [1.82, 2.24) is 0 Å². The molecule has 0 aliphatic rings. The monoisotopic (exact) mass is 368 g/mol. The first kappa shape index (κ1) is 20.4. The molecule has 0 aromatic rings.